The molecule has 1 saturated heterocycles. The number of hydrogen-bond donors (Lipinski definition) is 2. The molecule has 0 saturated carbocycles. The van der Waals surface area contributed by atoms with Crippen molar-refractivity contribution in [1.82, 2.24) is 10.6 Å². The van der Waals surface area contributed by atoms with Gasteiger partial charge in [-0.05, 0) is 45.0 Å². The zero-order valence-corrected chi connectivity index (χ0v) is 9.67. The molecule has 0 aliphatic carbocycles. The van der Waals surface area contributed by atoms with E-state index in [1.807, 2.05) is 19.2 Å². The molecular weight excluding hydrogens is 203 g/mol. The van der Waals surface area contributed by atoms with Crippen molar-refractivity contribution in [3.05, 3.63) is 35.6 Å². The van der Waals surface area contributed by atoms with E-state index in [1.165, 1.54) is 12.5 Å². The SMILES string of the molecule is CNC(c1ccccc1F)C1CCCNC1. The van der Waals surface area contributed by atoms with Gasteiger partial charge in [0.15, 0.2) is 0 Å². The summed E-state index contributed by atoms with van der Waals surface area (Å²) >= 11 is 0. The van der Waals surface area contributed by atoms with Crippen LogP contribution < -0.4 is 10.6 Å². The highest BCUT2D eigenvalue weighted by molar-refractivity contribution is 5.22. The minimum Gasteiger partial charge on any atom is -0.316 e. The van der Waals surface area contributed by atoms with Gasteiger partial charge in [-0.3, -0.25) is 0 Å². The number of halogens is 1. The summed E-state index contributed by atoms with van der Waals surface area (Å²) in [4.78, 5) is 0. The van der Waals surface area contributed by atoms with Gasteiger partial charge in [-0.25, -0.2) is 4.39 Å². The molecule has 2 N–H and O–H groups in total. The predicted molar refractivity (Wildman–Crippen MR) is 63.8 cm³/mol. The van der Waals surface area contributed by atoms with E-state index in [9.17, 15) is 4.39 Å². The van der Waals surface area contributed by atoms with Gasteiger partial charge in [0.25, 0.3) is 0 Å². The highest BCUT2D eigenvalue weighted by Crippen LogP contribution is 2.28. The maximum Gasteiger partial charge on any atom is 0.127 e. The van der Waals surface area contributed by atoms with Crippen LogP contribution in [0.5, 0.6) is 0 Å². The van der Waals surface area contributed by atoms with Crippen LogP contribution in [0.4, 0.5) is 4.39 Å². The van der Waals surface area contributed by atoms with E-state index < -0.39 is 0 Å². The summed E-state index contributed by atoms with van der Waals surface area (Å²) in [6.45, 7) is 2.06. The van der Waals surface area contributed by atoms with Crippen molar-refractivity contribution in [3.63, 3.8) is 0 Å². The van der Waals surface area contributed by atoms with Crippen molar-refractivity contribution in [1.29, 1.82) is 0 Å². The van der Waals surface area contributed by atoms with E-state index >= 15 is 0 Å². The molecule has 0 spiro atoms. The summed E-state index contributed by atoms with van der Waals surface area (Å²) in [5.41, 5.74) is 0.790. The smallest absolute Gasteiger partial charge is 0.127 e. The van der Waals surface area contributed by atoms with Crippen LogP contribution in [0.2, 0.25) is 0 Å². The van der Waals surface area contributed by atoms with Crippen LogP contribution in [0.1, 0.15) is 24.4 Å². The first-order valence-corrected chi connectivity index (χ1v) is 5.95. The Morgan fingerprint density at radius 1 is 1.44 bits per heavy atom. The molecule has 1 aliphatic rings. The molecule has 0 bridgehead atoms. The molecule has 0 amide bonds. The lowest BCUT2D eigenvalue weighted by atomic mass is 9.87. The first kappa shape index (κ1) is 11.6. The lowest BCUT2D eigenvalue weighted by molar-refractivity contribution is 0.293. The fourth-order valence-corrected chi connectivity index (χ4v) is 2.54. The van der Waals surface area contributed by atoms with E-state index in [0.29, 0.717) is 5.92 Å². The Bertz CT molecular complexity index is 334. The van der Waals surface area contributed by atoms with Gasteiger partial charge in [0, 0.05) is 11.6 Å². The molecule has 3 heteroatoms. The lowest BCUT2D eigenvalue weighted by Gasteiger charge is -2.31. The van der Waals surface area contributed by atoms with E-state index in [4.69, 9.17) is 0 Å². The van der Waals surface area contributed by atoms with Crippen LogP contribution in [0, 0.1) is 11.7 Å². The van der Waals surface area contributed by atoms with E-state index in [2.05, 4.69) is 10.6 Å². The average molecular weight is 222 g/mol. The second kappa shape index (κ2) is 5.41. The Balaban J connectivity index is 2.18. The molecule has 2 atom stereocenters. The topological polar surface area (TPSA) is 24.1 Å². The Morgan fingerprint density at radius 2 is 2.25 bits per heavy atom. The van der Waals surface area contributed by atoms with E-state index in [-0.39, 0.29) is 11.9 Å². The summed E-state index contributed by atoms with van der Waals surface area (Å²) in [6, 6.07) is 7.18. The summed E-state index contributed by atoms with van der Waals surface area (Å²) in [5, 5.41) is 6.63. The second-order valence-electron chi connectivity index (χ2n) is 4.39. The number of hydrogen-bond acceptors (Lipinski definition) is 2. The molecule has 2 rings (SSSR count). The van der Waals surface area contributed by atoms with Crippen molar-refractivity contribution in [2.75, 3.05) is 20.1 Å². The molecular formula is C13H19FN2. The molecule has 0 aromatic heterocycles. The van der Waals surface area contributed by atoms with Crippen molar-refractivity contribution in [3.8, 4) is 0 Å². The molecule has 1 heterocycles. The molecule has 1 aliphatic heterocycles. The fourth-order valence-electron chi connectivity index (χ4n) is 2.54. The molecule has 88 valence electrons. The van der Waals surface area contributed by atoms with Gasteiger partial charge in [-0.2, -0.15) is 0 Å². The maximum absolute atomic E-state index is 13.7. The van der Waals surface area contributed by atoms with E-state index in [1.54, 1.807) is 6.07 Å². The Labute approximate surface area is 96.2 Å². The zero-order chi connectivity index (χ0) is 11.4. The standard InChI is InChI=1S/C13H19FN2/c1-15-13(10-5-4-8-16-9-10)11-6-2-3-7-12(11)14/h2-3,6-7,10,13,15-16H,4-5,8-9H2,1H3. The maximum atomic E-state index is 13.7. The normalized spacial score (nSPS) is 23.0. The highest BCUT2D eigenvalue weighted by atomic mass is 19.1. The first-order valence-electron chi connectivity index (χ1n) is 5.95. The minimum absolute atomic E-state index is 0.104. The van der Waals surface area contributed by atoms with Gasteiger partial charge >= 0.3 is 0 Å². The summed E-state index contributed by atoms with van der Waals surface area (Å²) in [7, 11) is 1.91. The van der Waals surface area contributed by atoms with Gasteiger partial charge < -0.3 is 10.6 Å². The largest absolute Gasteiger partial charge is 0.316 e. The van der Waals surface area contributed by atoms with Crippen molar-refractivity contribution in [2.45, 2.75) is 18.9 Å². The quantitative estimate of drug-likeness (QED) is 0.818. The van der Waals surface area contributed by atoms with Crippen LogP contribution in [0.3, 0.4) is 0 Å². The Morgan fingerprint density at radius 3 is 2.88 bits per heavy atom. The number of rotatable bonds is 3. The summed E-state index contributed by atoms with van der Waals surface area (Å²) in [5.74, 6) is 0.378. The fraction of sp³-hybridized carbons (Fsp3) is 0.538. The van der Waals surface area contributed by atoms with E-state index in [0.717, 1.165) is 25.1 Å². The molecule has 0 radical (unpaired) electrons. The first-order chi connectivity index (χ1) is 7.83. The third-order valence-corrected chi connectivity index (χ3v) is 3.36. The van der Waals surface area contributed by atoms with Crippen LogP contribution >= 0.6 is 0 Å². The number of nitrogens with one attached hydrogen (secondary N) is 2. The molecule has 16 heavy (non-hydrogen) atoms. The minimum atomic E-state index is -0.104. The van der Waals surface area contributed by atoms with Gasteiger partial charge in [-0.1, -0.05) is 18.2 Å². The van der Waals surface area contributed by atoms with Crippen LogP contribution in [-0.2, 0) is 0 Å². The molecule has 1 aromatic rings. The van der Waals surface area contributed by atoms with Gasteiger partial charge in [0.05, 0.1) is 0 Å². The molecule has 2 nitrogen and oxygen atoms in total. The lowest BCUT2D eigenvalue weighted by Crippen LogP contribution is -2.37. The van der Waals surface area contributed by atoms with Crippen LogP contribution in [0.25, 0.3) is 0 Å². The molecule has 1 aromatic carbocycles. The van der Waals surface area contributed by atoms with Crippen molar-refractivity contribution < 1.29 is 4.39 Å². The third kappa shape index (κ3) is 2.42. The van der Waals surface area contributed by atoms with Crippen LogP contribution in [-0.4, -0.2) is 20.1 Å². The third-order valence-electron chi connectivity index (χ3n) is 3.36. The number of benzene rings is 1. The monoisotopic (exact) mass is 222 g/mol. The highest BCUT2D eigenvalue weighted by Gasteiger charge is 2.25. The zero-order valence-electron chi connectivity index (χ0n) is 9.67. The van der Waals surface area contributed by atoms with Gasteiger partial charge in [-0.15, -0.1) is 0 Å². The summed E-state index contributed by atoms with van der Waals surface area (Å²) in [6.07, 6.45) is 2.34. The number of piperidine rings is 1. The average Bonchev–Trinajstić information content (AvgIpc) is 2.34. The van der Waals surface area contributed by atoms with Gasteiger partial charge in [0.2, 0.25) is 0 Å². The Hall–Kier alpha value is -0.930. The Kier molecular flexibility index (Phi) is 3.91. The second-order valence-corrected chi connectivity index (χ2v) is 4.39. The van der Waals surface area contributed by atoms with Crippen LogP contribution in [0.15, 0.2) is 24.3 Å². The molecule has 1 fully saturated rings. The van der Waals surface area contributed by atoms with Gasteiger partial charge in [0.1, 0.15) is 5.82 Å². The predicted octanol–water partition coefficient (Wildman–Crippen LogP) is 2.09. The van der Waals surface area contributed by atoms with Crippen molar-refractivity contribution in [2.24, 2.45) is 5.92 Å². The van der Waals surface area contributed by atoms with Crippen molar-refractivity contribution >= 4 is 0 Å². The summed E-state index contributed by atoms with van der Waals surface area (Å²) < 4.78 is 13.7. The molecule has 2 unspecified atom stereocenters.